The van der Waals surface area contributed by atoms with Crippen LogP contribution in [0, 0.1) is 47.3 Å². The summed E-state index contributed by atoms with van der Waals surface area (Å²) in [5.74, 6) is -4.57. The van der Waals surface area contributed by atoms with Crippen molar-refractivity contribution in [2.24, 2.45) is 47.3 Å². The number of carbonyl (C=O) groups is 8. The quantitative estimate of drug-likeness (QED) is 0.0582. The van der Waals surface area contributed by atoms with Crippen molar-refractivity contribution in [3.05, 3.63) is 41.8 Å². The van der Waals surface area contributed by atoms with Gasteiger partial charge in [0.25, 0.3) is 0 Å². The maximum absolute atomic E-state index is 13.7. The van der Waals surface area contributed by atoms with Crippen molar-refractivity contribution in [3.8, 4) is 31.1 Å². The van der Waals surface area contributed by atoms with Gasteiger partial charge < -0.3 is 28.4 Å². The number of benzene rings is 1. The number of ketones is 2. The number of aromatic nitrogens is 1. The molecule has 4 aromatic rings. The Hall–Kier alpha value is -5.33. The SMILES string of the molecule is CC(=O)C1CCC(C(=O)OCOC(=O)C2CCC(C(=O)Oc3ccc(OC(=O)C4CCC(C(=O)OC(C)OC(=O)C5CCC(C(C)=O)CC5)CC4)c4nc(-c5ccc(-c6cccs6)s5)sc34)CC2)CC1. The van der Waals surface area contributed by atoms with Crippen LogP contribution in [0.1, 0.15) is 124 Å². The van der Waals surface area contributed by atoms with E-state index in [-0.39, 0.29) is 46.7 Å². The molecular weight excluding hydrogens is 959 g/mol. The van der Waals surface area contributed by atoms with Crippen LogP contribution in [0.4, 0.5) is 0 Å². The van der Waals surface area contributed by atoms with Gasteiger partial charge in [-0.3, -0.25) is 38.4 Å². The Morgan fingerprint density at radius 2 is 0.914 bits per heavy atom. The number of carbonyl (C=O) groups excluding carboxylic acids is 8. The molecule has 1 aromatic carbocycles. The molecular formula is C52H59NO14S3. The Kier molecular flexibility index (Phi) is 17.0. The zero-order chi connectivity index (χ0) is 49.5. The summed E-state index contributed by atoms with van der Waals surface area (Å²) in [6.07, 6.45) is 6.86. The van der Waals surface area contributed by atoms with Crippen LogP contribution >= 0.6 is 34.0 Å². The number of ether oxygens (including phenoxy) is 6. The molecule has 8 rings (SSSR count). The lowest BCUT2D eigenvalue weighted by atomic mass is 9.80. The third-order valence-corrected chi connectivity index (χ3v) is 17.9. The summed E-state index contributed by atoms with van der Waals surface area (Å²) in [5, 5.41) is 2.68. The van der Waals surface area contributed by atoms with E-state index in [0.717, 1.165) is 14.6 Å². The number of esters is 6. The Labute approximate surface area is 418 Å². The van der Waals surface area contributed by atoms with Gasteiger partial charge >= 0.3 is 35.8 Å². The van der Waals surface area contributed by atoms with Crippen LogP contribution in [-0.4, -0.2) is 65.4 Å². The van der Waals surface area contributed by atoms with E-state index in [1.165, 1.54) is 18.3 Å². The van der Waals surface area contributed by atoms with Gasteiger partial charge in [0.1, 0.15) is 26.8 Å². The molecule has 374 valence electrons. The van der Waals surface area contributed by atoms with Gasteiger partial charge in [-0.15, -0.1) is 34.0 Å². The van der Waals surface area contributed by atoms with Gasteiger partial charge in [-0.25, -0.2) is 4.98 Å². The second-order valence-electron chi connectivity index (χ2n) is 19.1. The number of hydrogen-bond donors (Lipinski definition) is 0. The van der Waals surface area contributed by atoms with Gasteiger partial charge in [0, 0.05) is 28.5 Å². The highest BCUT2D eigenvalue weighted by Gasteiger charge is 2.37. The smallest absolute Gasteiger partial charge is 0.314 e. The van der Waals surface area contributed by atoms with Crippen LogP contribution in [0.5, 0.6) is 11.5 Å². The maximum Gasteiger partial charge on any atom is 0.314 e. The first-order valence-corrected chi connectivity index (χ1v) is 27.0. The van der Waals surface area contributed by atoms with Crippen molar-refractivity contribution in [1.82, 2.24) is 4.98 Å². The summed E-state index contributed by atoms with van der Waals surface area (Å²) in [5.41, 5.74) is 0.369. The van der Waals surface area contributed by atoms with Crippen molar-refractivity contribution in [2.75, 3.05) is 6.79 Å². The molecule has 15 nitrogen and oxygen atoms in total. The zero-order valence-corrected chi connectivity index (χ0v) is 42.1. The molecule has 1 atom stereocenters. The minimum Gasteiger partial charge on any atom is -0.428 e. The highest BCUT2D eigenvalue weighted by molar-refractivity contribution is 7.28. The van der Waals surface area contributed by atoms with Crippen LogP contribution in [-0.2, 0) is 57.3 Å². The molecule has 0 amide bonds. The van der Waals surface area contributed by atoms with Crippen LogP contribution < -0.4 is 9.47 Å². The number of rotatable bonds is 16. The normalized spacial score (nSPS) is 25.2. The largest absolute Gasteiger partial charge is 0.428 e. The van der Waals surface area contributed by atoms with E-state index in [0.29, 0.717) is 118 Å². The zero-order valence-electron chi connectivity index (χ0n) is 39.6. The van der Waals surface area contributed by atoms with Gasteiger partial charge in [-0.1, -0.05) is 6.07 Å². The Bertz CT molecular complexity index is 2550. The number of thiazole rings is 1. The summed E-state index contributed by atoms with van der Waals surface area (Å²) < 4.78 is 34.2. The molecule has 4 aliphatic rings. The van der Waals surface area contributed by atoms with E-state index in [1.807, 2.05) is 29.6 Å². The van der Waals surface area contributed by atoms with Crippen molar-refractivity contribution in [1.29, 1.82) is 0 Å². The summed E-state index contributed by atoms with van der Waals surface area (Å²) in [6.45, 7) is 4.18. The average molecular weight is 1020 g/mol. The van der Waals surface area contributed by atoms with Crippen molar-refractivity contribution < 1.29 is 66.8 Å². The Morgan fingerprint density at radius 3 is 1.37 bits per heavy atom. The second kappa shape index (κ2) is 23.3. The maximum atomic E-state index is 13.7. The third-order valence-electron chi connectivity index (χ3n) is 14.5. The first kappa shape index (κ1) is 51.0. The highest BCUT2D eigenvalue weighted by atomic mass is 32.1. The molecule has 18 heteroatoms. The summed E-state index contributed by atoms with van der Waals surface area (Å²) in [6, 6.07) is 11.2. The second-order valence-corrected chi connectivity index (χ2v) is 22.2. The first-order chi connectivity index (χ1) is 33.7. The predicted molar refractivity (Wildman–Crippen MR) is 259 cm³/mol. The van der Waals surface area contributed by atoms with Crippen LogP contribution in [0.2, 0.25) is 0 Å². The van der Waals surface area contributed by atoms with Gasteiger partial charge in [0.2, 0.25) is 13.1 Å². The molecule has 4 fully saturated rings. The standard InChI is InChI=1S/C52H59NO14S3/c1-28(54)31-6-10-33(11-7-31)47(56)62-27-63-48(57)34-14-16-38(17-15-34)52(61)67-40-23-22-39(44-45(40)70-46(53-44)43-25-24-42(69-43)41-5-4-26-68-41)66-51(60)37-20-18-36(19-21-37)50(59)65-30(3)64-49(58)35-12-8-32(9-13-35)29(2)55/h4-5,22-26,30-38H,6-21,27H2,1-3H3. The van der Waals surface area contributed by atoms with E-state index < -0.39 is 72.6 Å². The summed E-state index contributed by atoms with van der Waals surface area (Å²) >= 11 is 4.53. The number of fused-ring (bicyclic) bond motifs is 1. The van der Waals surface area contributed by atoms with E-state index >= 15 is 0 Å². The van der Waals surface area contributed by atoms with Crippen molar-refractivity contribution in [3.63, 3.8) is 0 Å². The molecule has 0 N–H and O–H groups in total. The number of Topliss-reactive ketones (excluding diaryl/α,β-unsaturated/α-hetero) is 2. The van der Waals surface area contributed by atoms with Crippen LogP contribution in [0.25, 0.3) is 29.9 Å². The number of nitrogens with zero attached hydrogens (tertiary/aromatic N) is 1. The highest BCUT2D eigenvalue weighted by Crippen LogP contribution is 2.45. The summed E-state index contributed by atoms with van der Waals surface area (Å²) in [4.78, 5) is 110. The molecule has 0 aliphatic heterocycles. The van der Waals surface area contributed by atoms with E-state index in [4.69, 9.17) is 33.4 Å². The minimum absolute atomic E-state index is 0.0166. The molecule has 4 saturated carbocycles. The number of thiophene rings is 2. The molecule has 3 heterocycles. The van der Waals surface area contributed by atoms with Gasteiger partial charge in [0.15, 0.2) is 11.5 Å². The molecule has 4 aliphatic carbocycles. The predicted octanol–water partition coefficient (Wildman–Crippen LogP) is 10.4. The first-order valence-electron chi connectivity index (χ1n) is 24.5. The third kappa shape index (κ3) is 12.6. The number of hydrogen-bond acceptors (Lipinski definition) is 18. The topological polar surface area (TPSA) is 205 Å². The average Bonchev–Trinajstić information content (AvgIpc) is 4.18. The Balaban J connectivity index is 0.850. The van der Waals surface area contributed by atoms with Crippen LogP contribution in [0.15, 0.2) is 41.8 Å². The fourth-order valence-electron chi connectivity index (χ4n) is 10.1. The molecule has 0 spiro atoms. The lowest BCUT2D eigenvalue weighted by Gasteiger charge is -2.28. The molecule has 3 aromatic heterocycles. The van der Waals surface area contributed by atoms with E-state index in [2.05, 4.69) is 0 Å². The fourth-order valence-corrected chi connectivity index (χ4v) is 13.1. The van der Waals surface area contributed by atoms with E-state index in [1.54, 1.807) is 48.7 Å². The minimum atomic E-state index is -1.06. The molecule has 1 unspecified atom stereocenters. The molecule has 0 radical (unpaired) electrons. The van der Waals surface area contributed by atoms with Crippen LogP contribution in [0.3, 0.4) is 0 Å². The lowest BCUT2D eigenvalue weighted by molar-refractivity contribution is -0.192. The van der Waals surface area contributed by atoms with Gasteiger partial charge in [-0.2, -0.15) is 0 Å². The van der Waals surface area contributed by atoms with Crippen molar-refractivity contribution >= 4 is 91.6 Å². The molecule has 0 saturated heterocycles. The van der Waals surface area contributed by atoms with Gasteiger partial charge in [-0.05, 0) is 152 Å². The monoisotopic (exact) mass is 1020 g/mol. The van der Waals surface area contributed by atoms with E-state index in [9.17, 15) is 38.4 Å². The van der Waals surface area contributed by atoms with Gasteiger partial charge in [0.05, 0.1) is 40.4 Å². The lowest BCUT2D eigenvalue weighted by Crippen LogP contribution is -2.33. The molecule has 70 heavy (non-hydrogen) atoms. The summed E-state index contributed by atoms with van der Waals surface area (Å²) in [7, 11) is 0. The van der Waals surface area contributed by atoms with Crippen molar-refractivity contribution in [2.45, 2.75) is 130 Å². The fraction of sp³-hybridized carbons (Fsp3) is 0.558. The molecule has 0 bridgehead atoms. The Morgan fingerprint density at radius 1 is 0.500 bits per heavy atom.